The summed E-state index contributed by atoms with van der Waals surface area (Å²) in [5.74, 6) is 1.62. The van der Waals surface area contributed by atoms with Gasteiger partial charge in [0.15, 0.2) is 11.5 Å². The SMILES string of the molecule is COc1ccccc1OCCN1CCNCC1. The fourth-order valence-corrected chi connectivity index (χ4v) is 1.96. The Bertz CT molecular complexity index is 338. The van der Waals surface area contributed by atoms with E-state index in [4.69, 9.17) is 9.47 Å². The fraction of sp³-hybridized carbons (Fsp3) is 0.538. The van der Waals surface area contributed by atoms with Crippen molar-refractivity contribution in [1.82, 2.24) is 10.2 Å². The van der Waals surface area contributed by atoms with Gasteiger partial charge in [-0.25, -0.2) is 0 Å². The largest absolute Gasteiger partial charge is 0.493 e. The molecule has 1 saturated heterocycles. The Labute approximate surface area is 103 Å². The van der Waals surface area contributed by atoms with Crippen molar-refractivity contribution in [3.63, 3.8) is 0 Å². The number of piperazine rings is 1. The van der Waals surface area contributed by atoms with Crippen LogP contribution >= 0.6 is 0 Å². The number of benzene rings is 1. The Morgan fingerprint density at radius 1 is 1.18 bits per heavy atom. The van der Waals surface area contributed by atoms with E-state index >= 15 is 0 Å². The maximum absolute atomic E-state index is 5.74. The molecule has 4 heteroatoms. The number of nitrogens with one attached hydrogen (secondary N) is 1. The van der Waals surface area contributed by atoms with Crippen molar-refractivity contribution in [2.24, 2.45) is 0 Å². The van der Waals surface area contributed by atoms with Gasteiger partial charge in [0.1, 0.15) is 6.61 Å². The van der Waals surface area contributed by atoms with Crippen LogP contribution in [0, 0.1) is 0 Å². The minimum atomic E-state index is 0.709. The number of hydrogen-bond acceptors (Lipinski definition) is 4. The highest BCUT2D eigenvalue weighted by molar-refractivity contribution is 5.39. The molecule has 0 aliphatic carbocycles. The molecule has 0 saturated carbocycles. The van der Waals surface area contributed by atoms with E-state index in [0.29, 0.717) is 6.61 Å². The first-order valence-corrected chi connectivity index (χ1v) is 6.09. The molecule has 4 nitrogen and oxygen atoms in total. The average molecular weight is 236 g/mol. The van der Waals surface area contributed by atoms with Gasteiger partial charge in [0.25, 0.3) is 0 Å². The number of para-hydroxylation sites is 2. The van der Waals surface area contributed by atoms with Gasteiger partial charge in [-0.3, -0.25) is 4.90 Å². The minimum Gasteiger partial charge on any atom is -0.493 e. The molecule has 17 heavy (non-hydrogen) atoms. The second kappa shape index (κ2) is 6.47. The first-order chi connectivity index (χ1) is 8.40. The summed E-state index contributed by atoms with van der Waals surface area (Å²) in [6, 6.07) is 7.77. The fourth-order valence-electron chi connectivity index (χ4n) is 1.96. The van der Waals surface area contributed by atoms with Crippen LogP contribution in [0.5, 0.6) is 11.5 Å². The lowest BCUT2D eigenvalue weighted by Crippen LogP contribution is -2.44. The van der Waals surface area contributed by atoms with Crippen LogP contribution in [0.25, 0.3) is 0 Å². The third-order valence-electron chi connectivity index (χ3n) is 2.94. The molecule has 1 aliphatic heterocycles. The summed E-state index contributed by atoms with van der Waals surface area (Å²) < 4.78 is 11.0. The van der Waals surface area contributed by atoms with Gasteiger partial charge >= 0.3 is 0 Å². The molecule has 2 rings (SSSR count). The zero-order valence-corrected chi connectivity index (χ0v) is 10.3. The molecule has 94 valence electrons. The van der Waals surface area contributed by atoms with Gasteiger partial charge < -0.3 is 14.8 Å². The standard InChI is InChI=1S/C13H20N2O2/c1-16-12-4-2-3-5-13(12)17-11-10-15-8-6-14-7-9-15/h2-5,14H,6-11H2,1H3. The van der Waals surface area contributed by atoms with Crippen LogP contribution in [0.1, 0.15) is 0 Å². The number of nitrogens with zero attached hydrogens (tertiary/aromatic N) is 1. The average Bonchev–Trinajstić information content (AvgIpc) is 2.40. The minimum absolute atomic E-state index is 0.709. The van der Waals surface area contributed by atoms with Crippen molar-refractivity contribution >= 4 is 0 Å². The lowest BCUT2D eigenvalue weighted by molar-refractivity contribution is 0.188. The van der Waals surface area contributed by atoms with E-state index in [0.717, 1.165) is 44.2 Å². The molecule has 1 aliphatic rings. The summed E-state index contributed by atoms with van der Waals surface area (Å²) in [6.45, 7) is 6.05. The zero-order valence-electron chi connectivity index (χ0n) is 10.3. The molecular formula is C13H20N2O2. The monoisotopic (exact) mass is 236 g/mol. The molecule has 1 heterocycles. The van der Waals surface area contributed by atoms with Gasteiger partial charge in [0.05, 0.1) is 7.11 Å². The Morgan fingerprint density at radius 3 is 2.59 bits per heavy atom. The Morgan fingerprint density at radius 2 is 1.88 bits per heavy atom. The van der Waals surface area contributed by atoms with Crippen molar-refractivity contribution in [3.8, 4) is 11.5 Å². The van der Waals surface area contributed by atoms with Gasteiger partial charge in [0, 0.05) is 32.7 Å². The number of methoxy groups -OCH3 is 1. The second-order valence-corrected chi connectivity index (χ2v) is 4.09. The second-order valence-electron chi connectivity index (χ2n) is 4.09. The van der Waals surface area contributed by atoms with Crippen LogP contribution in [0.4, 0.5) is 0 Å². The summed E-state index contributed by atoms with van der Waals surface area (Å²) in [4.78, 5) is 2.41. The molecule has 0 amide bonds. The maximum atomic E-state index is 5.74. The first-order valence-electron chi connectivity index (χ1n) is 6.09. The quantitative estimate of drug-likeness (QED) is 0.826. The van der Waals surface area contributed by atoms with Crippen molar-refractivity contribution in [2.45, 2.75) is 0 Å². The van der Waals surface area contributed by atoms with Crippen molar-refractivity contribution < 1.29 is 9.47 Å². The van der Waals surface area contributed by atoms with Crippen molar-refractivity contribution in [1.29, 1.82) is 0 Å². The van der Waals surface area contributed by atoms with Gasteiger partial charge in [-0.2, -0.15) is 0 Å². The van der Waals surface area contributed by atoms with Gasteiger partial charge in [-0.05, 0) is 12.1 Å². The van der Waals surface area contributed by atoms with Crippen LogP contribution in [0.15, 0.2) is 24.3 Å². The van der Waals surface area contributed by atoms with Crippen LogP contribution in [0.3, 0.4) is 0 Å². The summed E-state index contributed by atoms with van der Waals surface area (Å²) in [5, 5.41) is 3.34. The molecule has 0 aromatic heterocycles. The Balaban J connectivity index is 1.77. The molecular weight excluding hydrogens is 216 g/mol. The smallest absolute Gasteiger partial charge is 0.161 e. The van der Waals surface area contributed by atoms with Crippen molar-refractivity contribution in [3.05, 3.63) is 24.3 Å². The Hall–Kier alpha value is -1.26. The lowest BCUT2D eigenvalue weighted by Gasteiger charge is -2.27. The van der Waals surface area contributed by atoms with Gasteiger partial charge in [0.2, 0.25) is 0 Å². The highest BCUT2D eigenvalue weighted by Crippen LogP contribution is 2.25. The van der Waals surface area contributed by atoms with Crippen LogP contribution in [0.2, 0.25) is 0 Å². The summed E-state index contributed by atoms with van der Waals surface area (Å²) in [5.41, 5.74) is 0. The van der Waals surface area contributed by atoms with E-state index in [-0.39, 0.29) is 0 Å². The third kappa shape index (κ3) is 3.61. The highest BCUT2D eigenvalue weighted by atomic mass is 16.5. The lowest BCUT2D eigenvalue weighted by atomic mass is 10.3. The molecule has 1 aromatic carbocycles. The number of rotatable bonds is 5. The highest BCUT2D eigenvalue weighted by Gasteiger charge is 2.09. The van der Waals surface area contributed by atoms with E-state index in [1.54, 1.807) is 7.11 Å². The molecule has 0 unspecified atom stereocenters. The normalized spacial score (nSPS) is 16.8. The number of hydrogen-bond donors (Lipinski definition) is 1. The molecule has 1 fully saturated rings. The van der Waals surface area contributed by atoms with Gasteiger partial charge in [-0.15, -0.1) is 0 Å². The summed E-state index contributed by atoms with van der Waals surface area (Å²) in [6.07, 6.45) is 0. The van der Waals surface area contributed by atoms with Crippen LogP contribution in [-0.4, -0.2) is 51.3 Å². The topological polar surface area (TPSA) is 33.7 Å². The van der Waals surface area contributed by atoms with Crippen LogP contribution < -0.4 is 14.8 Å². The van der Waals surface area contributed by atoms with Crippen molar-refractivity contribution in [2.75, 3.05) is 46.4 Å². The predicted molar refractivity (Wildman–Crippen MR) is 67.8 cm³/mol. The first kappa shape index (κ1) is 12.2. The molecule has 0 spiro atoms. The van der Waals surface area contributed by atoms with E-state index in [1.165, 1.54) is 0 Å². The third-order valence-corrected chi connectivity index (χ3v) is 2.94. The predicted octanol–water partition coefficient (Wildman–Crippen LogP) is 0.979. The van der Waals surface area contributed by atoms with E-state index in [2.05, 4.69) is 10.2 Å². The zero-order chi connectivity index (χ0) is 11.9. The molecule has 0 radical (unpaired) electrons. The van der Waals surface area contributed by atoms with Gasteiger partial charge in [-0.1, -0.05) is 12.1 Å². The van der Waals surface area contributed by atoms with E-state index in [1.807, 2.05) is 24.3 Å². The molecule has 0 bridgehead atoms. The Kier molecular flexibility index (Phi) is 4.64. The molecule has 1 aromatic rings. The molecule has 1 N–H and O–H groups in total. The van der Waals surface area contributed by atoms with E-state index in [9.17, 15) is 0 Å². The maximum Gasteiger partial charge on any atom is 0.161 e. The van der Waals surface area contributed by atoms with E-state index < -0.39 is 0 Å². The summed E-state index contributed by atoms with van der Waals surface area (Å²) in [7, 11) is 1.67. The summed E-state index contributed by atoms with van der Waals surface area (Å²) >= 11 is 0. The van der Waals surface area contributed by atoms with Crippen LogP contribution in [-0.2, 0) is 0 Å². The number of ether oxygens (including phenoxy) is 2. The molecule has 0 atom stereocenters.